The number of nitrogens with zero attached hydrogens (tertiary/aromatic N) is 2. The average molecular weight is 274 g/mol. The van der Waals surface area contributed by atoms with Crippen molar-refractivity contribution in [2.24, 2.45) is 0 Å². The number of nitriles is 1. The Bertz CT molecular complexity index is 602. The maximum atomic E-state index is 12.3. The molecule has 5 heteroatoms. The first-order valence-electron chi connectivity index (χ1n) is 5.90. The van der Waals surface area contributed by atoms with Crippen molar-refractivity contribution in [1.29, 1.82) is 5.26 Å². The lowest BCUT2D eigenvalue weighted by Gasteiger charge is -2.36. The molecule has 0 N–H and O–H groups in total. The minimum absolute atomic E-state index is 0.00932. The molecular formula is C14H14N2O2S. The molecule has 1 aliphatic rings. The molecule has 0 saturated carbocycles. The Kier molecular flexibility index (Phi) is 3.38. The summed E-state index contributed by atoms with van der Waals surface area (Å²) in [5, 5.41) is 8.87. The van der Waals surface area contributed by atoms with Gasteiger partial charge in [-0.15, -0.1) is 11.8 Å². The third-order valence-corrected chi connectivity index (χ3v) is 4.24. The first kappa shape index (κ1) is 13.6. The zero-order valence-electron chi connectivity index (χ0n) is 11.1. The second kappa shape index (κ2) is 4.71. The van der Waals surface area contributed by atoms with E-state index in [0.717, 1.165) is 4.90 Å². The van der Waals surface area contributed by atoms with E-state index in [1.165, 1.54) is 23.6 Å². The first-order valence-corrected chi connectivity index (χ1v) is 6.71. The van der Waals surface area contributed by atoms with Crippen molar-refractivity contribution < 1.29 is 9.59 Å². The molecule has 2 rings (SSSR count). The number of thioether (sulfide) groups is 1. The molecule has 0 bridgehead atoms. The molecule has 1 heterocycles. The Labute approximate surface area is 116 Å². The van der Waals surface area contributed by atoms with E-state index in [1.807, 2.05) is 19.9 Å². The molecule has 0 aliphatic carbocycles. The van der Waals surface area contributed by atoms with Crippen molar-refractivity contribution >= 4 is 29.1 Å². The van der Waals surface area contributed by atoms with Gasteiger partial charge >= 0.3 is 0 Å². The summed E-state index contributed by atoms with van der Waals surface area (Å²) in [5.74, 6) is -0.0907. The summed E-state index contributed by atoms with van der Waals surface area (Å²) >= 11 is 1.43. The maximum absolute atomic E-state index is 12.3. The number of anilines is 1. The Morgan fingerprint density at radius 1 is 1.47 bits per heavy atom. The van der Waals surface area contributed by atoms with Crippen LogP contribution in [0, 0.1) is 11.3 Å². The van der Waals surface area contributed by atoms with Crippen LogP contribution in [0.5, 0.6) is 0 Å². The third kappa shape index (κ3) is 2.36. The van der Waals surface area contributed by atoms with Gasteiger partial charge < -0.3 is 0 Å². The number of fused-ring (bicyclic) bond motifs is 1. The number of ketones is 1. The minimum atomic E-state index is -0.626. The Balaban J connectivity index is 2.56. The van der Waals surface area contributed by atoms with Gasteiger partial charge in [0.15, 0.2) is 5.78 Å². The van der Waals surface area contributed by atoms with E-state index in [4.69, 9.17) is 5.26 Å². The predicted molar refractivity (Wildman–Crippen MR) is 74.3 cm³/mol. The number of benzene rings is 1. The highest BCUT2D eigenvalue weighted by molar-refractivity contribution is 8.01. The molecule has 0 radical (unpaired) electrons. The van der Waals surface area contributed by atoms with Crippen molar-refractivity contribution in [3.63, 3.8) is 0 Å². The lowest BCUT2D eigenvalue weighted by atomic mass is 10.1. The molecule has 1 aromatic carbocycles. The summed E-state index contributed by atoms with van der Waals surface area (Å²) in [5.41, 5.74) is 1.33. The molecule has 0 aromatic heterocycles. The minimum Gasteiger partial charge on any atom is -0.296 e. The second-order valence-corrected chi connectivity index (χ2v) is 6.57. The van der Waals surface area contributed by atoms with Crippen LogP contribution >= 0.6 is 11.8 Å². The van der Waals surface area contributed by atoms with Crippen LogP contribution in [0.15, 0.2) is 23.1 Å². The number of Topliss-reactive ketones (excluding diaryl/α,β-unsaturated/α-hetero) is 1. The average Bonchev–Trinajstić information content (AvgIpc) is 2.33. The fourth-order valence-electron chi connectivity index (χ4n) is 2.02. The van der Waals surface area contributed by atoms with E-state index >= 15 is 0 Å². The van der Waals surface area contributed by atoms with E-state index in [9.17, 15) is 9.59 Å². The normalized spacial score (nSPS) is 16.7. The van der Waals surface area contributed by atoms with Crippen molar-refractivity contribution in [3.05, 3.63) is 23.8 Å². The predicted octanol–water partition coefficient (Wildman–Crippen LogP) is 2.63. The zero-order valence-corrected chi connectivity index (χ0v) is 11.9. The van der Waals surface area contributed by atoms with Crippen molar-refractivity contribution in [2.75, 3.05) is 11.4 Å². The number of carbonyl (C=O) groups is 2. The molecule has 0 fully saturated rings. The lowest BCUT2D eigenvalue weighted by molar-refractivity contribution is -0.120. The van der Waals surface area contributed by atoms with Gasteiger partial charge in [0.1, 0.15) is 6.54 Å². The molecule has 1 aliphatic heterocycles. The molecule has 1 aromatic rings. The van der Waals surface area contributed by atoms with Gasteiger partial charge in [-0.2, -0.15) is 5.26 Å². The standard InChI is InChI=1S/C14H14N2O2S/c1-9(17)10-4-5-11-12(8-10)19-14(2,3)13(18)16(11)7-6-15/h4-5,8H,7H2,1-3H3. The molecule has 1 amide bonds. The molecule has 0 atom stereocenters. The monoisotopic (exact) mass is 274 g/mol. The molecule has 4 nitrogen and oxygen atoms in total. The van der Waals surface area contributed by atoms with Crippen molar-refractivity contribution in [2.45, 2.75) is 30.4 Å². The molecular weight excluding hydrogens is 260 g/mol. The first-order chi connectivity index (χ1) is 8.86. The van der Waals surface area contributed by atoms with E-state index < -0.39 is 4.75 Å². The lowest BCUT2D eigenvalue weighted by Crippen LogP contribution is -2.46. The van der Waals surface area contributed by atoms with Gasteiger partial charge in [0.25, 0.3) is 0 Å². The van der Waals surface area contributed by atoms with Crippen LogP contribution in [0.3, 0.4) is 0 Å². The summed E-state index contributed by atoms with van der Waals surface area (Å²) in [6, 6.07) is 7.24. The van der Waals surface area contributed by atoms with Crippen LogP contribution in [0.2, 0.25) is 0 Å². The van der Waals surface area contributed by atoms with Crippen LogP contribution in [-0.4, -0.2) is 23.0 Å². The fraction of sp³-hybridized carbons (Fsp3) is 0.357. The van der Waals surface area contributed by atoms with E-state index in [1.54, 1.807) is 18.2 Å². The summed E-state index contributed by atoms with van der Waals surface area (Å²) in [7, 11) is 0. The van der Waals surface area contributed by atoms with Crippen LogP contribution in [0.4, 0.5) is 5.69 Å². The van der Waals surface area contributed by atoms with Crippen LogP contribution in [-0.2, 0) is 4.79 Å². The number of hydrogen-bond donors (Lipinski definition) is 0. The third-order valence-electron chi connectivity index (χ3n) is 3.01. The smallest absolute Gasteiger partial charge is 0.243 e. The Morgan fingerprint density at radius 2 is 2.16 bits per heavy atom. The number of amides is 1. The SMILES string of the molecule is CC(=O)c1ccc2c(c1)SC(C)(C)C(=O)N2CC#N. The van der Waals surface area contributed by atoms with Crippen LogP contribution in [0.1, 0.15) is 31.1 Å². The van der Waals surface area contributed by atoms with Gasteiger partial charge in [0, 0.05) is 10.5 Å². The van der Waals surface area contributed by atoms with Gasteiger partial charge in [-0.1, -0.05) is 0 Å². The largest absolute Gasteiger partial charge is 0.296 e. The van der Waals surface area contributed by atoms with E-state index in [2.05, 4.69) is 0 Å². The highest BCUT2D eigenvalue weighted by Gasteiger charge is 2.39. The molecule has 98 valence electrons. The fourth-order valence-corrected chi connectivity index (χ4v) is 3.23. The van der Waals surface area contributed by atoms with Gasteiger partial charge in [-0.25, -0.2) is 0 Å². The number of hydrogen-bond acceptors (Lipinski definition) is 4. The molecule has 0 saturated heterocycles. The molecule has 0 unspecified atom stereocenters. The van der Waals surface area contributed by atoms with E-state index in [-0.39, 0.29) is 18.2 Å². The van der Waals surface area contributed by atoms with Crippen molar-refractivity contribution in [1.82, 2.24) is 0 Å². The maximum Gasteiger partial charge on any atom is 0.243 e. The van der Waals surface area contributed by atoms with E-state index in [0.29, 0.717) is 11.3 Å². The van der Waals surface area contributed by atoms with Crippen LogP contribution in [0.25, 0.3) is 0 Å². The molecule has 19 heavy (non-hydrogen) atoms. The van der Waals surface area contributed by atoms with Gasteiger partial charge in [-0.3, -0.25) is 14.5 Å². The highest BCUT2D eigenvalue weighted by atomic mass is 32.2. The van der Waals surface area contributed by atoms with Crippen LogP contribution < -0.4 is 4.90 Å². The summed E-state index contributed by atoms with van der Waals surface area (Å²) < 4.78 is -0.626. The Hall–Kier alpha value is -1.80. The molecule has 0 spiro atoms. The van der Waals surface area contributed by atoms with Gasteiger partial charge in [0.2, 0.25) is 5.91 Å². The zero-order chi connectivity index (χ0) is 14.2. The van der Waals surface area contributed by atoms with Gasteiger partial charge in [-0.05, 0) is 39.0 Å². The number of rotatable bonds is 2. The summed E-state index contributed by atoms with van der Waals surface area (Å²) in [6.45, 7) is 5.19. The second-order valence-electron chi connectivity index (χ2n) is 4.90. The number of carbonyl (C=O) groups excluding carboxylic acids is 2. The van der Waals surface area contributed by atoms with Crippen molar-refractivity contribution in [3.8, 4) is 6.07 Å². The van der Waals surface area contributed by atoms with Gasteiger partial charge in [0.05, 0.1) is 16.5 Å². The quantitative estimate of drug-likeness (QED) is 0.614. The summed E-state index contributed by atoms with van der Waals surface area (Å²) in [4.78, 5) is 26.1. The topological polar surface area (TPSA) is 61.2 Å². The summed E-state index contributed by atoms with van der Waals surface area (Å²) in [6.07, 6.45) is 0. The highest BCUT2D eigenvalue weighted by Crippen LogP contribution is 2.45. The Morgan fingerprint density at radius 3 is 2.74 bits per heavy atom.